The van der Waals surface area contributed by atoms with E-state index in [2.05, 4.69) is 96.4 Å². The minimum atomic E-state index is 0.240. The van der Waals surface area contributed by atoms with E-state index in [4.69, 9.17) is 0 Å². The molecule has 0 fully saturated rings. The van der Waals surface area contributed by atoms with Crippen LogP contribution in [0.4, 0.5) is 0 Å². The van der Waals surface area contributed by atoms with Crippen molar-refractivity contribution in [1.29, 1.82) is 0 Å². The molecule has 7 aromatic rings. The highest BCUT2D eigenvalue weighted by atomic mass is 16.3. The molecule has 198 valence electrons. The highest BCUT2D eigenvalue weighted by Gasteiger charge is 2.27. The molecule has 0 radical (unpaired) electrons. The Labute approximate surface area is 239 Å². The number of aromatic hydroxyl groups is 2. The lowest BCUT2D eigenvalue weighted by molar-refractivity contribution is 0.475. The van der Waals surface area contributed by atoms with Crippen LogP contribution in [0.5, 0.6) is 11.5 Å². The number of phenols is 2. The summed E-state index contributed by atoms with van der Waals surface area (Å²) in [6.07, 6.45) is 0. The van der Waals surface area contributed by atoms with Crippen molar-refractivity contribution in [1.82, 2.24) is 4.57 Å². The monoisotopic (exact) mass is 531 g/mol. The van der Waals surface area contributed by atoms with E-state index in [-0.39, 0.29) is 11.5 Å². The van der Waals surface area contributed by atoms with Crippen molar-refractivity contribution in [3.8, 4) is 56.3 Å². The van der Waals surface area contributed by atoms with Crippen LogP contribution in [-0.4, -0.2) is 14.8 Å². The molecule has 0 aliphatic rings. The molecule has 0 aliphatic heterocycles. The second kappa shape index (κ2) is 10.0. The maximum atomic E-state index is 10.1. The molecule has 0 saturated carbocycles. The highest BCUT2D eigenvalue weighted by Crippen LogP contribution is 2.49. The quantitative estimate of drug-likeness (QED) is 0.232. The Bertz CT molecular complexity index is 1890. The van der Waals surface area contributed by atoms with Gasteiger partial charge in [-0.25, -0.2) is 0 Å². The molecule has 2 N–H and O–H groups in total. The SMILES string of the molecule is CCn1c(-c2ccc(O)cc2)c(-c2ccc3ccccc3c2)c(-c2ccc3ccccc3c2)c1-c1ccc(O)cc1. The fourth-order valence-electron chi connectivity index (χ4n) is 6.03. The smallest absolute Gasteiger partial charge is 0.115 e. The fourth-order valence-corrected chi connectivity index (χ4v) is 6.03. The Hall–Kier alpha value is -5.28. The molecule has 6 aromatic carbocycles. The third kappa shape index (κ3) is 4.32. The van der Waals surface area contributed by atoms with Crippen molar-refractivity contribution in [2.75, 3.05) is 0 Å². The molecule has 41 heavy (non-hydrogen) atoms. The number of fused-ring (bicyclic) bond motifs is 2. The molecule has 7 rings (SSSR count). The van der Waals surface area contributed by atoms with Crippen molar-refractivity contribution in [3.05, 3.63) is 133 Å². The summed E-state index contributed by atoms with van der Waals surface area (Å²) in [5.41, 5.74) is 8.77. The second-order valence-electron chi connectivity index (χ2n) is 10.4. The Kier molecular flexibility index (Phi) is 6.06. The van der Waals surface area contributed by atoms with E-state index in [1.165, 1.54) is 21.5 Å². The highest BCUT2D eigenvalue weighted by molar-refractivity contribution is 6.05. The Morgan fingerprint density at radius 1 is 0.439 bits per heavy atom. The van der Waals surface area contributed by atoms with Crippen molar-refractivity contribution in [2.24, 2.45) is 0 Å². The van der Waals surface area contributed by atoms with Gasteiger partial charge in [0.2, 0.25) is 0 Å². The van der Waals surface area contributed by atoms with Crippen LogP contribution >= 0.6 is 0 Å². The van der Waals surface area contributed by atoms with E-state index < -0.39 is 0 Å². The maximum absolute atomic E-state index is 10.1. The third-order valence-corrected chi connectivity index (χ3v) is 7.94. The van der Waals surface area contributed by atoms with Gasteiger partial charge in [0.1, 0.15) is 11.5 Å². The molecule has 3 nitrogen and oxygen atoms in total. The number of aromatic nitrogens is 1. The lowest BCUT2D eigenvalue weighted by Crippen LogP contribution is -2.00. The van der Waals surface area contributed by atoms with Gasteiger partial charge in [0.15, 0.2) is 0 Å². The summed E-state index contributed by atoms with van der Waals surface area (Å²) in [4.78, 5) is 0. The van der Waals surface area contributed by atoms with Crippen molar-refractivity contribution in [3.63, 3.8) is 0 Å². The summed E-state index contributed by atoms with van der Waals surface area (Å²) >= 11 is 0. The van der Waals surface area contributed by atoms with E-state index in [0.29, 0.717) is 0 Å². The first-order valence-corrected chi connectivity index (χ1v) is 13.9. The molecule has 0 aliphatic carbocycles. The van der Waals surface area contributed by atoms with Crippen LogP contribution in [0.25, 0.3) is 66.3 Å². The first kappa shape index (κ1) is 24.7. The molecule has 0 unspecified atom stereocenters. The van der Waals surface area contributed by atoms with Crippen LogP contribution in [0.3, 0.4) is 0 Å². The molecule has 1 aromatic heterocycles. The van der Waals surface area contributed by atoms with Gasteiger partial charge in [0, 0.05) is 17.7 Å². The summed E-state index contributed by atoms with van der Waals surface area (Å²) in [5, 5.41) is 25.1. The summed E-state index contributed by atoms with van der Waals surface area (Å²) in [5.74, 6) is 0.480. The van der Waals surface area contributed by atoms with Crippen molar-refractivity contribution in [2.45, 2.75) is 13.5 Å². The molecule has 0 atom stereocenters. The molecule has 0 amide bonds. The number of rotatable bonds is 5. The van der Waals surface area contributed by atoms with E-state index in [9.17, 15) is 10.2 Å². The van der Waals surface area contributed by atoms with Gasteiger partial charge in [-0.05, 0) is 111 Å². The average molecular weight is 532 g/mol. The van der Waals surface area contributed by atoms with Gasteiger partial charge in [-0.15, -0.1) is 0 Å². The minimum Gasteiger partial charge on any atom is -0.508 e. The summed E-state index contributed by atoms with van der Waals surface area (Å²) in [6, 6.07) is 45.3. The minimum absolute atomic E-state index is 0.240. The molecular weight excluding hydrogens is 502 g/mol. The first-order valence-electron chi connectivity index (χ1n) is 13.9. The standard InChI is InChI=1S/C38H29NO2/c1-2-39-37(27-15-19-33(40)20-16-27)35(31-13-11-25-7-3-5-9-29(25)23-31)36(38(39)28-17-21-34(41)22-18-28)32-14-12-26-8-4-6-10-30(26)24-32/h3-24,40-41H,2H2,1H3. The molecule has 0 spiro atoms. The first-order chi connectivity index (χ1) is 20.1. The van der Waals surface area contributed by atoms with Crippen molar-refractivity contribution < 1.29 is 10.2 Å². The van der Waals surface area contributed by atoms with E-state index in [1.54, 1.807) is 24.3 Å². The van der Waals surface area contributed by atoms with Gasteiger partial charge in [-0.3, -0.25) is 0 Å². The zero-order valence-electron chi connectivity index (χ0n) is 22.8. The molecule has 0 saturated heterocycles. The topological polar surface area (TPSA) is 45.4 Å². The van der Waals surface area contributed by atoms with Crippen LogP contribution in [0.15, 0.2) is 133 Å². The van der Waals surface area contributed by atoms with Gasteiger partial charge in [0.05, 0.1) is 11.4 Å². The van der Waals surface area contributed by atoms with Gasteiger partial charge in [-0.1, -0.05) is 72.8 Å². The lowest BCUT2D eigenvalue weighted by Gasteiger charge is -2.14. The lowest BCUT2D eigenvalue weighted by atomic mass is 9.89. The molecule has 3 heteroatoms. The Balaban J connectivity index is 1.65. The second-order valence-corrected chi connectivity index (χ2v) is 10.4. The van der Waals surface area contributed by atoms with E-state index >= 15 is 0 Å². The number of phenolic OH excluding ortho intramolecular Hbond substituents is 2. The number of hydrogen-bond donors (Lipinski definition) is 2. The predicted octanol–water partition coefficient (Wildman–Crippen LogP) is 9.89. The largest absolute Gasteiger partial charge is 0.508 e. The van der Waals surface area contributed by atoms with E-state index in [0.717, 1.165) is 51.3 Å². The Morgan fingerprint density at radius 2 is 0.805 bits per heavy atom. The number of nitrogens with zero attached hydrogens (tertiary/aromatic N) is 1. The molecule has 0 bridgehead atoms. The predicted molar refractivity (Wildman–Crippen MR) is 170 cm³/mol. The molecule has 1 heterocycles. The fraction of sp³-hybridized carbons (Fsp3) is 0.0526. The third-order valence-electron chi connectivity index (χ3n) is 7.94. The van der Waals surface area contributed by atoms with Gasteiger partial charge in [0.25, 0.3) is 0 Å². The maximum Gasteiger partial charge on any atom is 0.115 e. The van der Waals surface area contributed by atoms with Crippen LogP contribution in [-0.2, 0) is 6.54 Å². The van der Waals surface area contributed by atoms with Crippen LogP contribution in [0, 0.1) is 0 Å². The van der Waals surface area contributed by atoms with Gasteiger partial charge >= 0.3 is 0 Å². The average Bonchev–Trinajstić information content (AvgIpc) is 3.36. The van der Waals surface area contributed by atoms with Gasteiger partial charge < -0.3 is 14.8 Å². The number of hydrogen-bond acceptors (Lipinski definition) is 2. The summed E-state index contributed by atoms with van der Waals surface area (Å²) in [7, 11) is 0. The zero-order chi connectivity index (χ0) is 27.9. The van der Waals surface area contributed by atoms with Crippen LogP contribution in [0.1, 0.15) is 6.92 Å². The summed E-state index contributed by atoms with van der Waals surface area (Å²) < 4.78 is 2.37. The normalized spacial score (nSPS) is 11.3. The van der Waals surface area contributed by atoms with Crippen LogP contribution in [0.2, 0.25) is 0 Å². The van der Waals surface area contributed by atoms with Crippen molar-refractivity contribution >= 4 is 21.5 Å². The van der Waals surface area contributed by atoms with Crippen LogP contribution < -0.4 is 0 Å². The van der Waals surface area contributed by atoms with Gasteiger partial charge in [-0.2, -0.15) is 0 Å². The van der Waals surface area contributed by atoms with E-state index in [1.807, 2.05) is 24.3 Å². The Morgan fingerprint density at radius 3 is 1.20 bits per heavy atom. The summed E-state index contributed by atoms with van der Waals surface area (Å²) in [6.45, 7) is 2.91. The number of benzene rings is 6. The molecular formula is C38H29NO2. The zero-order valence-corrected chi connectivity index (χ0v) is 22.8.